The number of ether oxygens (including phenoxy) is 2. The van der Waals surface area contributed by atoms with Gasteiger partial charge in [-0.05, 0) is 32.4 Å². The maximum atomic E-state index is 6.08. The van der Waals surface area contributed by atoms with E-state index in [-0.39, 0.29) is 12.2 Å². The zero-order valence-corrected chi connectivity index (χ0v) is 12.6. The minimum Gasteiger partial charge on any atom is -0.382 e. The summed E-state index contributed by atoms with van der Waals surface area (Å²) in [6.07, 6.45) is 1.31. The van der Waals surface area contributed by atoms with Crippen molar-refractivity contribution >= 4 is 0 Å². The highest BCUT2D eigenvalue weighted by Crippen LogP contribution is 2.19. The van der Waals surface area contributed by atoms with Crippen LogP contribution in [0, 0.1) is 6.92 Å². The Balaban J connectivity index is 2.64. The molecule has 0 aromatic heterocycles. The van der Waals surface area contributed by atoms with Gasteiger partial charge in [0.25, 0.3) is 0 Å². The van der Waals surface area contributed by atoms with E-state index in [1.54, 1.807) is 7.11 Å². The molecule has 0 radical (unpaired) electrons. The molecule has 0 bridgehead atoms. The Hall–Kier alpha value is -0.900. The van der Waals surface area contributed by atoms with Crippen molar-refractivity contribution in [2.45, 2.75) is 39.4 Å². The summed E-state index contributed by atoms with van der Waals surface area (Å²) in [5.74, 6) is 0. The zero-order chi connectivity index (χ0) is 14.1. The second-order valence-electron chi connectivity index (χ2n) is 5.01. The lowest BCUT2D eigenvalue weighted by Gasteiger charge is -2.23. The van der Waals surface area contributed by atoms with Crippen molar-refractivity contribution in [3.05, 3.63) is 35.4 Å². The molecule has 1 N–H and O–H groups in total. The van der Waals surface area contributed by atoms with Crippen LogP contribution in [0.2, 0.25) is 0 Å². The number of hydrogen-bond acceptors (Lipinski definition) is 3. The smallest absolute Gasteiger partial charge is 0.0954 e. The van der Waals surface area contributed by atoms with E-state index in [0.29, 0.717) is 6.61 Å². The molecule has 1 aromatic rings. The minimum atomic E-state index is 0.0808. The molecule has 3 nitrogen and oxygen atoms in total. The third-order valence-corrected chi connectivity index (χ3v) is 3.00. The summed E-state index contributed by atoms with van der Waals surface area (Å²) in [5.41, 5.74) is 2.49. The maximum Gasteiger partial charge on any atom is 0.0954 e. The van der Waals surface area contributed by atoms with Gasteiger partial charge in [0, 0.05) is 13.7 Å². The van der Waals surface area contributed by atoms with Gasteiger partial charge in [-0.3, -0.25) is 0 Å². The molecular weight excluding hydrogens is 238 g/mol. The van der Waals surface area contributed by atoms with Crippen LogP contribution in [-0.2, 0) is 9.47 Å². The van der Waals surface area contributed by atoms with E-state index in [4.69, 9.17) is 9.47 Å². The van der Waals surface area contributed by atoms with Gasteiger partial charge in [-0.2, -0.15) is 0 Å². The van der Waals surface area contributed by atoms with Crippen molar-refractivity contribution in [1.29, 1.82) is 0 Å². The van der Waals surface area contributed by atoms with E-state index >= 15 is 0 Å². The van der Waals surface area contributed by atoms with Gasteiger partial charge in [0.2, 0.25) is 0 Å². The summed E-state index contributed by atoms with van der Waals surface area (Å²) in [6, 6.07) is 8.55. The molecule has 0 saturated carbocycles. The van der Waals surface area contributed by atoms with Gasteiger partial charge >= 0.3 is 0 Å². The minimum absolute atomic E-state index is 0.0808. The van der Waals surface area contributed by atoms with E-state index in [0.717, 1.165) is 19.5 Å². The number of methoxy groups -OCH3 is 1. The van der Waals surface area contributed by atoms with Crippen LogP contribution in [0.1, 0.15) is 37.5 Å². The summed E-state index contributed by atoms with van der Waals surface area (Å²) in [6.45, 7) is 8.79. The van der Waals surface area contributed by atoms with Crippen LogP contribution in [0.4, 0.5) is 0 Å². The number of nitrogens with one attached hydrogen (secondary N) is 1. The van der Waals surface area contributed by atoms with Gasteiger partial charge in [0.1, 0.15) is 0 Å². The van der Waals surface area contributed by atoms with E-state index in [9.17, 15) is 0 Å². The molecule has 0 heterocycles. The fourth-order valence-electron chi connectivity index (χ4n) is 1.99. The molecule has 0 fully saturated rings. The van der Waals surface area contributed by atoms with Gasteiger partial charge in [0.05, 0.1) is 18.8 Å². The number of hydrogen-bond donors (Lipinski definition) is 1. The standard InChI is InChI=1S/C16H27NO2/c1-5-10-17-11-16(19-14(3)12-18-4)15-8-6-13(2)7-9-15/h6-9,14,16-17H,5,10-12H2,1-4H3. The molecule has 1 aromatic carbocycles. The molecule has 1 rings (SSSR count). The van der Waals surface area contributed by atoms with Gasteiger partial charge in [-0.25, -0.2) is 0 Å². The van der Waals surface area contributed by atoms with Crippen molar-refractivity contribution in [2.24, 2.45) is 0 Å². The molecule has 2 atom stereocenters. The highest BCUT2D eigenvalue weighted by Gasteiger charge is 2.15. The predicted octanol–water partition coefficient (Wildman–Crippen LogP) is 3.09. The molecular formula is C16H27NO2. The molecule has 0 amide bonds. The molecule has 108 valence electrons. The van der Waals surface area contributed by atoms with Crippen molar-refractivity contribution in [2.75, 3.05) is 26.8 Å². The quantitative estimate of drug-likeness (QED) is 0.696. The van der Waals surface area contributed by atoms with Gasteiger partial charge in [0.15, 0.2) is 0 Å². The third kappa shape index (κ3) is 6.19. The number of aryl methyl sites for hydroxylation is 1. The van der Waals surface area contributed by atoms with Crippen LogP contribution in [0.15, 0.2) is 24.3 Å². The number of benzene rings is 1. The van der Waals surface area contributed by atoms with Gasteiger partial charge < -0.3 is 14.8 Å². The van der Waals surface area contributed by atoms with Crippen molar-refractivity contribution < 1.29 is 9.47 Å². The summed E-state index contributed by atoms with van der Waals surface area (Å²) in [4.78, 5) is 0. The van der Waals surface area contributed by atoms with Gasteiger partial charge in [-0.15, -0.1) is 0 Å². The maximum absolute atomic E-state index is 6.08. The Morgan fingerprint density at radius 2 is 1.89 bits per heavy atom. The third-order valence-electron chi connectivity index (χ3n) is 3.00. The topological polar surface area (TPSA) is 30.5 Å². The van der Waals surface area contributed by atoms with Crippen LogP contribution in [-0.4, -0.2) is 32.9 Å². The van der Waals surface area contributed by atoms with E-state index in [1.807, 2.05) is 6.92 Å². The summed E-state index contributed by atoms with van der Waals surface area (Å²) in [7, 11) is 1.70. The largest absolute Gasteiger partial charge is 0.382 e. The summed E-state index contributed by atoms with van der Waals surface area (Å²) >= 11 is 0. The average molecular weight is 265 g/mol. The molecule has 0 aliphatic rings. The Morgan fingerprint density at radius 1 is 1.21 bits per heavy atom. The van der Waals surface area contributed by atoms with Crippen molar-refractivity contribution in [3.63, 3.8) is 0 Å². The van der Waals surface area contributed by atoms with Crippen molar-refractivity contribution in [1.82, 2.24) is 5.32 Å². The molecule has 19 heavy (non-hydrogen) atoms. The predicted molar refractivity (Wildman–Crippen MR) is 79.5 cm³/mol. The van der Waals surface area contributed by atoms with Crippen LogP contribution in [0.5, 0.6) is 0 Å². The van der Waals surface area contributed by atoms with Crippen LogP contribution >= 0.6 is 0 Å². The molecule has 2 unspecified atom stereocenters. The Kier molecular flexibility index (Phi) is 7.72. The normalized spacial score (nSPS) is 14.3. The van der Waals surface area contributed by atoms with Gasteiger partial charge in [-0.1, -0.05) is 36.8 Å². The van der Waals surface area contributed by atoms with E-state index in [1.165, 1.54) is 11.1 Å². The Morgan fingerprint density at radius 3 is 2.47 bits per heavy atom. The molecule has 0 aliphatic heterocycles. The first-order valence-electron chi connectivity index (χ1n) is 7.09. The SMILES string of the molecule is CCCNCC(OC(C)COC)c1ccc(C)cc1. The Labute approximate surface area is 117 Å². The fraction of sp³-hybridized carbons (Fsp3) is 0.625. The van der Waals surface area contributed by atoms with Crippen LogP contribution in [0.25, 0.3) is 0 Å². The fourth-order valence-corrected chi connectivity index (χ4v) is 1.99. The molecule has 0 aliphatic carbocycles. The average Bonchev–Trinajstić information content (AvgIpc) is 2.39. The second kappa shape index (κ2) is 9.08. The van der Waals surface area contributed by atoms with Crippen molar-refractivity contribution in [3.8, 4) is 0 Å². The molecule has 0 saturated heterocycles. The van der Waals surface area contributed by atoms with Crippen LogP contribution in [0.3, 0.4) is 0 Å². The molecule has 0 spiro atoms. The van der Waals surface area contributed by atoms with E-state index in [2.05, 4.69) is 43.4 Å². The Bertz CT molecular complexity index is 337. The van der Waals surface area contributed by atoms with Crippen LogP contribution < -0.4 is 5.32 Å². The monoisotopic (exact) mass is 265 g/mol. The van der Waals surface area contributed by atoms with E-state index < -0.39 is 0 Å². The first kappa shape index (κ1) is 16.2. The number of rotatable bonds is 9. The summed E-state index contributed by atoms with van der Waals surface area (Å²) in [5, 5.41) is 3.43. The highest BCUT2D eigenvalue weighted by molar-refractivity contribution is 5.23. The summed E-state index contributed by atoms with van der Waals surface area (Å²) < 4.78 is 11.2. The lowest BCUT2D eigenvalue weighted by molar-refractivity contribution is -0.0392. The second-order valence-corrected chi connectivity index (χ2v) is 5.01. The zero-order valence-electron chi connectivity index (χ0n) is 12.6. The highest BCUT2D eigenvalue weighted by atomic mass is 16.5. The lowest BCUT2D eigenvalue weighted by atomic mass is 10.1. The lowest BCUT2D eigenvalue weighted by Crippen LogP contribution is -2.28. The first-order chi connectivity index (χ1) is 9.17. The first-order valence-corrected chi connectivity index (χ1v) is 7.09. The molecule has 3 heteroatoms.